The molecule has 1 heterocycles. The van der Waals surface area contributed by atoms with Crippen molar-refractivity contribution in [3.8, 4) is 5.75 Å². The standard InChI is InChI=1S/C18H21NO6/c1-10-7-17(21)25-15-9-14(23-3)12(8-13(10)15)5-6-16(20)19-11(2)18(22)24-4/h7-9,11H,5-6H2,1-4H3,(H,19,20). The van der Waals surface area contributed by atoms with Crippen molar-refractivity contribution in [3.63, 3.8) is 0 Å². The molecule has 7 nitrogen and oxygen atoms in total. The molecule has 134 valence electrons. The Morgan fingerprint density at radius 3 is 2.60 bits per heavy atom. The fourth-order valence-electron chi connectivity index (χ4n) is 2.57. The Bertz CT molecular complexity index is 855. The minimum Gasteiger partial charge on any atom is -0.496 e. The van der Waals surface area contributed by atoms with Crippen molar-refractivity contribution in [2.24, 2.45) is 0 Å². The van der Waals surface area contributed by atoms with Crippen molar-refractivity contribution < 1.29 is 23.5 Å². The molecule has 25 heavy (non-hydrogen) atoms. The van der Waals surface area contributed by atoms with E-state index in [4.69, 9.17) is 9.15 Å². The van der Waals surface area contributed by atoms with E-state index in [1.165, 1.54) is 20.3 Å². The Morgan fingerprint density at radius 2 is 1.96 bits per heavy atom. The molecule has 0 radical (unpaired) electrons. The number of rotatable bonds is 6. The third-order valence-corrected chi connectivity index (χ3v) is 3.91. The first-order valence-corrected chi connectivity index (χ1v) is 7.84. The van der Waals surface area contributed by atoms with Crippen molar-refractivity contribution in [2.75, 3.05) is 14.2 Å². The summed E-state index contributed by atoms with van der Waals surface area (Å²) in [6.45, 7) is 3.38. The van der Waals surface area contributed by atoms with Crippen LogP contribution in [0.25, 0.3) is 11.0 Å². The lowest BCUT2D eigenvalue weighted by Gasteiger charge is -2.13. The van der Waals surface area contributed by atoms with Gasteiger partial charge < -0.3 is 19.2 Å². The quantitative estimate of drug-likeness (QED) is 0.631. The van der Waals surface area contributed by atoms with Gasteiger partial charge in [0.05, 0.1) is 14.2 Å². The molecule has 1 aromatic carbocycles. The number of nitrogens with one attached hydrogen (secondary N) is 1. The van der Waals surface area contributed by atoms with Crippen LogP contribution in [0.4, 0.5) is 0 Å². The molecule has 2 rings (SSSR count). The predicted octanol–water partition coefficient (Wildman–Crippen LogP) is 1.72. The van der Waals surface area contributed by atoms with Gasteiger partial charge in [0.25, 0.3) is 0 Å². The van der Waals surface area contributed by atoms with Gasteiger partial charge in [-0.05, 0) is 37.5 Å². The highest BCUT2D eigenvalue weighted by atomic mass is 16.5. The number of carbonyl (C=O) groups excluding carboxylic acids is 2. The van der Waals surface area contributed by atoms with Crippen LogP contribution in [-0.4, -0.2) is 32.1 Å². The van der Waals surface area contributed by atoms with Crippen LogP contribution in [0, 0.1) is 6.92 Å². The maximum atomic E-state index is 12.0. The molecule has 7 heteroatoms. The van der Waals surface area contributed by atoms with Crippen molar-refractivity contribution in [1.29, 1.82) is 0 Å². The van der Waals surface area contributed by atoms with Gasteiger partial charge in [-0.25, -0.2) is 9.59 Å². The number of hydrogen-bond acceptors (Lipinski definition) is 6. The topological polar surface area (TPSA) is 94.8 Å². The third-order valence-electron chi connectivity index (χ3n) is 3.91. The smallest absolute Gasteiger partial charge is 0.336 e. The molecular weight excluding hydrogens is 326 g/mol. The van der Waals surface area contributed by atoms with Crippen LogP contribution in [0.2, 0.25) is 0 Å². The second-order valence-electron chi connectivity index (χ2n) is 5.72. The molecule has 0 aliphatic rings. The number of methoxy groups -OCH3 is 2. The van der Waals surface area contributed by atoms with Crippen molar-refractivity contribution in [1.82, 2.24) is 5.32 Å². The molecule has 0 bridgehead atoms. The van der Waals surface area contributed by atoms with Crippen molar-refractivity contribution in [3.05, 3.63) is 39.7 Å². The molecule has 0 spiro atoms. The summed E-state index contributed by atoms with van der Waals surface area (Å²) in [7, 11) is 2.78. The molecule has 1 aromatic heterocycles. The maximum Gasteiger partial charge on any atom is 0.336 e. The minimum absolute atomic E-state index is 0.180. The SMILES string of the molecule is COC(=O)C(C)NC(=O)CCc1cc2c(C)cc(=O)oc2cc1OC. The molecule has 0 aliphatic heterocycles. The molecular formula is C18H21NO6. The van der Waals surface area contributed by atoms with Crippen LogP contribution >= 0.6 is 0 Å². The summed E-state index contributed by atoms with van der Waals surface area (Å²) in [5.41, 5.74) is 1.62. The lowest BCUT2D eigenvalue weighted by atomic mass is 10.0. The normalized spacial score (nSPS) is 11.8. The second-order valence-corrected chi connectivity index (χ2v) is 5.72. The van der Waals surface area contributed by atoms with E-state index >= 15 is 0 Å². The first-order chi connectivity index (χ1) is 11.8. The summed E-state index contributed by atoms with van der Waals surface area (Å²) in [6.07, 6.45) is 0.594. The lowest BCUT2D eigenvalue weighted by molar-refractivity contribution is -0.144. The van der Waals surface area contributed by atoms with Crippen LogP contribution in [0.1, 0.15) is 24.5 Å². The van der Waals surface area contributed by atoms with E-state index in [-0.39, 0.29) is 12.3 Å². The Balaban J connectivity index is 2.19. The number of esters is 1. The van der Waals surface area contributed by atoms with E-state index in [0.29, 0.717) is 17.8 Å². The first-order valence-electron chi connectivity index (χ1n) is 7.84. The Hall–Kier alpha value is -2.83. The maximum absolute atomic E-state index is 12.0. The summed E-state index contributed by atoms with van der Waals surface area (Å²) < 4.78 is 15.1. The van der Waals surface area contributed by atoms with Crippen LogP contribution in [0.15, 0.2) is 27.4 Å². The Kier molecular flexibility index (Phi) is 5.80. The highest BCUT2D eigenvalue weighted by Gasteiger charge is 2.16. The number of fused-ring (bicyclic) bond motifs is 1. The van der Waals surface area contributed by atoms with Crippen molar-refractivity contribution >= 4 is 22.8 Å². The molecule has 0 saturated carbocycles. The molecule has 2 aromatic rings. The van der Waals surface area contributed by atoms with Gasteiger partial charge >= 0.3 is 11.6 Å². The number of aryl methyl sites for hydroxylation is 2. The predicted molar refractivity (Wildman–Crippen MR) is 91.7 cm³/mol. The molecule has 0 fully saturated rings. The van der Waals surface area contributed by atoms with Gasteiger partial charge in [0.2, 0.25) is 5.91 Å². The number of amides is 1. The fraction of sp³-hybridized carbons (Fsp3) is 0.389. The van der Waals surface area contributed by atoms with Crippen LogP contribution in [0.5, 0.6) is 5.75 Å². The summed E-state index contributed by atoms with van der Waals surface area (Å²) in [5.74, 6) is -0.228. The largest absolute Gasteiger partial charge is 0.496 e. The van der Waals surface area contributed by atoms with Gasteiger partial charge in [0.15, 0.2) is 0 Å². The van der Waals surface area contributed by atoms with Crippen LogP contribution in [0.3, 0.4) is 0 Å². The van der Waals surface area contributed by atoms with E-state index in [2.05, 4.69) is 10.1 Å². The average Bonchev–Trinajstić information content (AvgIpc) is 2.58. The third kappa shape index (κ3) is 4.37. The minimum atomic E-state index is -0.701. The van der Waals surface area contributed by atoms with E-state index in [0.717, 1.165) is 16.5 Å². The van der Waals surface area contributed by atoms with E-state index in [1.807, 2.05) is 13.0 Å². The van der Waals surface area contributed by atoms with Gasteiger partial charge in [0, 0.05) is 23.9 Å². The fourth-order valence-corrected chi connectivity index (χ4v) is 2.57. The van der Waals surface area contributed by atoms with Gasteiger partial charge in [-0.2, -0.15) is 0 Å². The highest BCUT2D eigenvalue weighted by Crippen LogP contribution is 2.28. The zero-order valence-corrected chi connectivity index (χ0v) is 14.7. The van der Waals surface area contributed by atoms with Gasteiger partial charge in [0.1, 0.15) is 17.4 Å². The van der Waals surface area contributed by atoms with Gasteiger partial charge in [-0.1, -0.05) is 0 Å². The highest BCUT2D eigenvalue weighted by molar-refractivity contribution is 5.85. The zero-order valence-electron chi connectivity index (χ0n) is 14.7. The first kappa shape index (κ1) is 18.5. The Morgan fingerprint density at radius 1 is 1.24 bits per heavy atom. The number of hydrogen-bond donors (Lipinski definition) is 1. The molecule has 1 atom stereocenters. The van der Waals surface area contributed by atoms with E-state index < -0.39 is 17.6 Å². The Labute approximate surface area is 144 Å². The summed E-state index contributed by atoms with van der Waals surface area (Å²) in [5, 5.41) is 3.37. The molecule has 0 saturated heterocycles. The molecule has 1 amide bonds. The van der Waals surface area contributed by atoms with E-state index in [9.17, 15) is 14.4 Å². The second kappa shape index (κ2) is 7.83. The van der Waals surface area contributed by atoms with E-state index in [1.54, 1.807) is 13.0 Å². The summed E-state index contributed by atoms with van der Waals surface area (Å²) >= 11 is 0. The molecule has 1 unspecified atom stereocenters. The van der Waals surface area contributed by atoms with Crippen LogP contribution < -0.4 is 15.7 Å². The number of ether oxygens (including phenoxy) is 2. The summed E-state index contributed by atoms with van der Waals surface area (Å²) in [6, 6.07) is 4.22. The lowest BCUT2D eigenvalue weighted by Crippen LogP contribution is -2.39. The molecule has 0 aliphatic carbocycles. The zero-order chi connectivity index (χ0) is 18.6. The monoisotopic (exact) mass is 347 g/mol. The van der Waals surface area contributed by atoms with Gasteiger partial charge in [-0.3, -0.25) is 4.79 Å². The number of carbonyl (C=O) groups is 2. The van der Waals surface area contributed by atoms with Crippen molar-refractivity contribution in [2.45, 2.75) is 32.7 Å². The number of benzene rings is 1. The summed E-state index contributed by atoms with van der Waals surface area (Å²) in [4.78, 5) is 34.8. The van der Waals surface area contributed by atoms with Gasteiger partial charge in [-0.15, -0.1) is 0 Å². The average molecular weight is 347 g/mol. The molecule has 1 N–H and O–H groups in total. The van der Waals surface area contributed by atoms with Crippen LogP contribution in [-0.2, 0) is 20.7 Å².